The van der Waals surface area contributed by atoms with Gasteiger partial charge in [-0.3, -0.25) is 19.1 Å². The Labute approximate surface area is 222 Å². The molecule has 2 heterocycles. The highest BCUT2D eigenvalue weighted by Crippen LogP contribution is 2.37. The minimum Gasteiger partial charge on any atom is -0.394 e. The Hall–Kier alpha value is -1.74. The van der Waals surface area contributed by atoms with Gasteiger partial charge in [0.1, 0.15) is 12.2 Å². The van der Waals surface area contributed by atoms with Gasteiger partial charge in [0.05, 0.1) is 6.61 Å². The van der Waals surface area contributed by atoms with Crippen LogP contribution < -0.4 is 16.6 Å². The van der Waals surface area contributed by atoms with Crippen LogP contribution in [0.3, 0.4) is 0 Å². The number of allylic oxidation sites excluding steroid dienone is 2. The number of H-pyrrole nitrogens is 1. The molecular weight excluding hydrogens is 608 g/mol. The number of hydrogen-bond acceptors (Lipinski definition) is 8. The van der Waals surface area contributed by atoms with E-state index in [2.05, 4.69) is 32.9 Å². The fraction of sp³-hybridized carbons (Fsp3) is 0.591. The Balaban J connectivity index is 1.88. The summed E-state index contributed by atoms with van der Waals surface area (Å²) in [5.74, 6) is -0.117. The molecular formula is C22H32IN3O9P+. The fourth-order valence-corrected chi connectivity index (χ4v) is 4.51. The Morgan fingerprint density at radius 2 is 2.03 bits per heavy atom. The van der Waals surface area contributed by atoms with Gasteiger partial charge in [-0.15, -0.1) is 9.42 Å². The van der Waals surface area contributed by atoms with Crippen molar-refractivity contribution >= 4 is 36.8 Å². The number of carbonyl (C=O) groups is 1. The number of nitrogens with zero attached hydrogens (tertiary/aromatic N) is 1. The number of aromatic nitrogens is 2. The lowest BCUT2D eigenvalue weighted by Crippen LogP contribution is -2.40. The number of ether oxygens (including phenoxy) is 2. The topological polar surface area (TPSA) is 169 Å². The number of hydrogen-bond donors (Lipinski definition) is 4. The van der Waals surface area contributed by atoms with Crippen molar-refractivity contribution in [2.24, 2.45) is 0 Å². The fourth-order valence-electron chi connectivity index (χ4n) is 3.71. The lowest BCUT2D eigenvalue weighted by Gasteiger charge is -2.22. The first kappa shape index (κ1) is 30.5. The van der Waals surface area contributed by atoms with Crippen LogP contribution in [0.4, 0.5) is 0 Å². The predicted molar refractivity (Wildman–Crippen MR) is 140 cm³/mol. The molecule has 3 unspecified atom stereocenters. The number of carbonyl (C=O) groups excluding carboxylic acids is 1. The smallest absolute Gasteiger partial charge is 0.394 e. The quantitative estimate of drug-likeness (QED) is 0.0779. The van der Waals surface area contributed by atoms with E-state index >= 15 is 0 Å². The summed E-state index contributed by atoms with van der Waals surface area (Å²) in [5, 5.41) is 12.5. The minimum absolute atomic E-state index is 0.117. The number of aliphatic hydroxyl groups is 1. The van der Waals surface area contributed by atoms with Gasteiger partial charge in [0.2, 0.25) is 0 Å². The summed E-state index contributed by atoms with van der Waals surface area (Å²) in [4.78, 5) is 47.2. The summed E-state index contributed by atoms with van der Waals surface area (Å²) >= 11 is 2.15. The molecule has 0 aromatic carbocycles. The van der Waals surface area contributed by atoms with E-state index in [1.165, 1.54) is 6.20 Å². The van der Waals surface area contributed by atoms with E-state index in [1.54, 1.807) is 6.08 Å². The van der Waals surface area contributed by atoms with Gasteiger partial charge in [-0.2, -0.15) is 0 Å². The highest BCUT2D eigenvalue weighted by Gasteiger charge is 2.51. The van der Waals surface area contributed by atoms with Crippen molar-refractivity contribution < 1.29 is 33.4 Å². The molecule has 12 nitrogen and oxygen atoms in total. The maximum Gasteiger partial charge on any atom is 0.695 e. The highest BCUT2D eigenvalue weighted by molar-refractivity contribution is 14.1. The molecule has 0 aliphatic carbocycles. The second-order valence-corrected chi connectivity index (χ2v) is 10.4. The molecule has 14 heteroatoms. The van der Waals surface area contributed by atoms with Crippen LogP contribution in [0.1, 0.15) is 45.8 Å². The van der Waals surface area contributed by atoms with Gasteiger partial charge in [-0.25, -0.2) is 4.79 Å². The molecule has 1 amide bonds. The first-order valence-corrected chi connectivity index (χ1v) is 13.7. The maximum atomic E-state index is 12.3. The van der Waals surface area contributed by atoms with Gasteiger partial charge >= 0.3 is 13.9 Å². The largest absolute Gasteiger partial charge is 0.695 e. The number of aromatic amines is 1. The maximum absolute atomic E-state index is 12.3. The molecule has 0 radical (unpaired) electrons. The molecule has 4 N–H and O–H groups in total. The van der Waals surface area contributed by atoms with Crippen LogP contribution in [-0.2, 0) is 23.4 Å². The zero-order chi connectivity index (χ0) is 26.7. The van der Waals surface area contributed by atoms with Gasteiger partial charge in [0, 0.05) is 35.6 Å². The van der Waals surface area contributed by atoms with Gasteiger partial charge in [-0.1, -0.05) is 18.9 Å². The molecule has 1 aromatic rings. The third-order valence-corrected chi connectivity index (χ3v) is 6.13. The minimum atomic E-state index is -3.03. The van der Waals surface area contributed by atoms with Crippen LogP contribution in [0.2, 0.25) is 0 Å². The number of unbranched alkanes of at least 4 members (excludes halogenated alkanes) is 3. The Morgan fingerprint density at radius 1 is 1.31 bits per heavy atom. The summed E-state index contributed by atoms with van der Waals surface area (Å²) in [6.07, 6.45) is 3.67. The van der Waals surface area contributed by atoms with E-state index in [0.717, 1.165) is 33.5 Å². The molecule has 36 heavy (non-hydrogen) atoms. The number of halogens is 1. The third kappa shape index (κ3) is 9.29. The summed E-state index contributed by atoms with van der Waals surface area (Å²) in [6, 6.07) is 1.13. The predicted octanol–water partition coefficient (Wildman–Crippen LogP) is 1.81. The Kier molecular flexibility index (Phi) is 13.1. The van der Waals surface area contributed by atoms with E-state index in [-0.39, 0.29) is 12.5 Å². The molecule has 200 valence electrons. The summed E-state index contributed by atoms with van der Waals surface area (Å²) in [5.41, 5.74) is -0.724. The van der Waals surface area contributed by atoms with E-state index in [1.807, 2.05) is 19.9 Å². The van der Waals surface area contributed by atoms with Crippen molar-refractivity contribution in [2.75, 3.05) is 19.8 Å². The lowest BCUT2D eigenvalue weighted by molar-refractivity contribution is -0.117. The standard InChI is InChI=1S/C22H31IN3O9P/c1-3-15(12-14(2)23)20(29)24-9-6-4-5-7-11-33-19-18(35-36(31)32)16(13-27)34-21(19)26-10-8-17(28)25-22(26)30/h3,8,10,12,16,18-19,21,27H,4-7,9,11,13H2,1-2H3,(H2-,24,25,28,29,30,31,32)/p+1/b14-12+,15-3+/t16-,18?,19?,21-/m1/s1. The average Bonchev–Trinajstić information content (AvgIpc) is 3.15. The molecule has 1 aliphatic rings. The first-order chi connectivity index (χ1) is 17.2. The van der Waals surface area contributed by atoms with Gasteiger partial charge in [0.25, 0.3) is 11.5 Å². The number of amides is 1. The Bertz CT molecular complexity index is 1070. The van der Waals surface area contributed by atoms with Crippen molar-refractivity contribution in [3.8, 4) is 0 Å². The van der Waals surface area contributed by atoms with Crippen molar-refractivity contribution in [2.45, 2.75) is 64.1 Å². The summed E-state index contributed by atoms with van der Waals surface area (Å²) in [7, 11) is -3.03. The van der Waals surface area contributed by atoms with Crippen LogP contribution in [0, 0.1) is 0 Å². The van der Waals surface area contributed by atoms with E-state index in [0.29, 0.717) is 18.5 Å². The molecule has 1 saturated heterocycles. The van der Waals surface area contributed by atoms with Crippen LogP contribution >= 0.6 is 30.8 Å². The normalized spacial score (nSPS) is 23.1. The monoisotopic (exact) mass is 640 g/mol. The second kappa shape index (κ2) is 15.5. The molecule has 5 atom stereocenters. The van der Waals surface area contributed by atoms with Gasteiger partial charge < -0.3 is 19.9 Å². The number of rotatable bonds is 14. The zero-order valence-electron chi connectivity index (χ0n) is 20.1. The zero-order valence-corrected chi connectivity index (χ0v) is 23.1. The molecule has 1 fully saturated rings. The van der Waals surface area contributed by atoms with Gasteiger partial charge in [0.15, 0.2) is 12.3 Å². The molecule has 1 aliphatic heterocycles. The van der Waals surface area contributed by atoms with Crippen LogP contribution in [0.15, 0.2) is 43.2 Å². The van der Waals surface area contributed by atoms with Crippen molar-refractivity contribution in [1.29, 1.82) is 0 Å². The summed E-state index contributed by atoms with van der Waals surface area (Å²) in [6.45, 7) is 3.97. The molecule has 0 bridgehead atoms. The Morgan fingerprint density at radius 3 is 2.64 bits per heavy atom. The highest BCUT2D eigenvalue weighted by atomic mass is 127. The van der Waals surface area contributed by atoms with Crippen molar-refractivity contribution in [1.82, 2.24) is 14.9 Å². The molecule has 2 rings (SSSR count). The summed E-state index contributed by atoms with van der Waals surface area (Å²) < 4.78 is 30.0. The van der Waals surface area contributed by atoms with E-state index in [4.69, 9.17) is 14.0 Å². The van der Waals surface area contributed by atoms with Crippen LogP contribution in [-0.4, -0.2) is 63.5 Å². The number of nitrogens with one attached hydrogen (secondary N) is 2. The third-order valence-electron chi connectivity index (χ3n) is 5.40. The van der Waals surface area contributed by atoms with E-state index in [9.17, 15) is 28.9 Å². The lowest BCUT2D eigenvalue weighted by atomic mass is 10.1. The SMILES string of the molecule is C/C=C(\C=C(/C)I)C(=O)NCCCCCCOC1C(O[P+](=O)O)[C@@H](CO)O[C@H]1n1ccc(=O)[nH]c1=O. The number of aliphatic hydroxyl groups excluding tert-OH is 1. The first-order valence-electron chi connectivity index (χ1n) is 11.5. The molecule has 1 aromatic heterocycles. The van der Waals surface area contributed by atoms with Crippen LogP contribution in [0.5, 0.6) is 0 Å². The van der Waals surface area contributed by atoms with Crippen LogP contribution in [0.25, 0.3) is 0 Å². The molecule has 0 spiro atoms. The van der Waals surface area contributed by atoms with Gasteiger partial charge in [-0.05, 0) is 58.9 Å². The van der Waals surface area contributed by atoms with Crippen molar-refractivity contribution in [3.05, 3.63) is 54.4 Å². The van der Waals surface area contributed by atoms with Crippen molar-refractivity contribution in [3.63, 3.8) is 0 Å². The average molecular weight is 640 g/mol. The van der Waals surface area contributed by atoms with E-state index < -0.39 is 50.7 Å². The second-order valence-electron chi connectivity index (χ2n) is 8.05. The molecule has 0 saturated carbocycles.